The predicted octanol–water partition coefficient (Wildman–Crippen LogP) is 2.25. The molecule has 5 rings (SSSR count). The average Bonchev–Trinajstić information content (AvgIpc) is 3.17. The summed E-state index contributed by atoms with van der Waals surface area (Å²) in [7, 11) is -0.882. The second-order valence-corrected chi connectivity index (χ2v) is 7.52. The van der Waals surface area contributed by atoms with Crippen LogP contribution in [0.4, 0.5) is 0 Å². The number of nitrogens with zero attached hydrogens (tertiary/aromatic N) is 2. The van der Waals surface area contributed by atoms with E-state index in [-0.39, 0.29) is 0 Å². The number of H-pyrrole nitrogens is 1. The van der Waals surface area contributed by atoms with Crippen LogP contribution in [0.3, 0.4) is 0 Å². The van der Waals surface area contributed by atoms with Crippen molar-refractivity contribution in [3.8, 4) is 5.75 Å². The molecule has 2 aromatic heterocycles. The van der Waals surface area contributed by atoms with Gasteiger partial charge in [-0.3, -0.25) is 4.90 Å². The number of allylic oxidation sites excluding steroid dienone is 1. The largest absolute Gasteiger partial charge is 0.552 e. The minimum atomic E-state index is -0.882. The Kier molecular flexibility index (Phi) is 4.23. The Morgan fingerprint density at radius 2 is 2.00 bits per heavy atom. The zero-order chi connectivity index (χ0) is 17.5. The van der Waals surface area contributed by atoms with Gasteiger partial charge in [0.2, 0.25) is 0 Å². The molecule has 3 aliphatic rings. The Labute approximate surface area is 153 Å². The van der Waals surface area contributed by atoms with Crippen LogP contribution in [0.15, 0.2) is 24.4 Å². The number of hydrogen-bond acceptors (Lipinski definition) is 5. The molecule has 2 aromatic rings. The number of ether oxygens (including phenoxy) is 1. The first-order valence-electron chi connectivity index (χ1n) is 9.64. The van der Waals surface area contributed by atoms with Crippen molar-refractivity contribution in [3.63, 3.8) is 0 Å². The third kappa shape index (κ3) is 2.84. The summed E-state index contributed by atoms with van der Waals surface area (Å²) >= 11 is 0. The van der Waals surface area contributed by atoms with Crippen LogP contribution in [-0.2, 0) is 4.74 Å². The Hall–Kier alpha value is -1.83. The summed E-state index contributed by atoms with van der Waals surface area (Å²) in [5.74, 6) is 3.05. The summed E-state index contributed by atoms with van der Waals surface area (Å²) in [6.07, 6.45) is 8.34. The molecular formula is C19H24BN3O3. The Balaban J connectivity index is 1.40. The SMILES string of the molecule is OB1C=C(C2CCC(N3CCOCC3)CC2)c2c(cnc3[nH]ccc23)O1. The highest BCUT2D eigenvalue weighted by Gasteiger charge is 2.34. The summed E-state index contributed by atoms with van der Waals surface area (Å²) in [5.41, 5.74) is 3.21. The molecule has 0 bridgehead atoms. The monoisotopic (exact) mass is 353 g/mol. The molecule has 7 heteroatoms. The number of aromatic nitrogens is 2. The predicted molar refractivity (Wildman–Crippen MR) is 101 cm³/mol. The highest BCUT2D eigenvalue weighted by atomic mass is 16.5. The fourth-order valence-corrected chi connectivity index (χ4v) is 4.81. The van der Waals surface area contributed by atoms with Crippen molar-refractivity contribution in [2.75, 3.05) is 26.3 Å². The minimum Gasteiger partial charge on any atom is -0.531 e. The van der Waals surface area contributed by atoms with E-state index in [2.05, 4.69) is 20.9 Å². The molecule has 0 amide bonds. The van der Waals surface area contributed by atoms with Gasteiger partial charge in [-0.05, 0) is 49.2 Å². The number of nitrogens with one attached hydrogen (secondary N) is 1. The molecule has 0 atom stereocenters. The minimum absolute atomic E-state index is 0.463. The van der Waals surface area contributed by atoms with Crippen molar-refractivity contribution < 1.29 is 14.4 Å². The van der Waals surface area contributed by atoms with Crippen LogP contribution in [0.5, 0.6) is 5.75 Å². The van der Waals surface area contributed by atoms with Gasteiger partial charge in [0.05, 0.1) is 19.4 Å². The number of aromatic amines is 1. The maximum absolute atomic E-state index is 10.2. The van der Waals surface area contributed by atoms with E-state index < -0.39 is 7.12 Å². The normalized spacial score (nSPS) is 27.1. The highest BCUT2D eigenvalue weighted by Crippen LogP contribution is 2.44. The Bertz CT molecular complexity index is 823. The van der Waals surface area contributed by atoms with Gasteiger partial charge in [0, 0.05) is 36.3 Å². The number of hydrogen-bond donors (Lipinski definition) is 2. The summed E-state index contributed by atoms with van der Waals surface area (Å²) in [5, 5.41) is 11.3. The fraction of sp³-hybridized carbons (Fsp3) is 0.526. The lowest BCUT2D eigenvalue weighted by molar-refractivity contribution is 0.00671. The van der Waals surface area contributed by atoms with E-state index in [1.807, 2.05) is 12.2 Å². The maximum atomic E-state index is 10.2. The third-order valence-electron chi connectivity index (χ3n) is 6.11. The average molecular weight is 353 g/mol. The molecule has 6 nitrogen and oxygen atoms in total. The van der Waals surface area contributed by atoms with Gasteiger partial charge in [-0.1, -0.05) is 0 Å². The van der Waals surface area contributed by atoms with E-state index in [1.54, 1.807) is 6.20 Å². The van der Waals surface area contributed by atoms with Gasteiger partial charge in [-0.15, -0.1) is 0 Å². The van der Waals surface area contributed by atoms with Gasteiger partial charge in [0.1, 0.15) is 11.4 Å². The van der Waals surface area contributed by atoms with Gasteiger partial charge in [0.25, 0.3) is 0 Å². The third-order valence-corrected chi connectivity index (χ3v) is 6.11. The molecule has 26 heavy (non-hydrogen) atoms. The van der Waals surface area contributed by atoms with Crippen molar-refractivity contribution >= 4 is 23.7 Å². The summed E-state index contributed by atoms with van der Waals surface area (Å²) in [4.78, 5) is 10.2. The smallest absolute Gasteiger partial charge is 0.531 e. The van der Waals surface area contributed by atoms with Gasteiger partial charge >= 0.3 is 7.12 Å². The van der Waals surface area contributed by atoms with E-state index >= 15 is 0 Å². The van der Waals surface area contributed by atoms with E-state index in [0.29, 0.717) is 17.7 Å². The lowest BCUT2D eigenvalue weighted by atomic mass is 9.72. The molecule has 1 aliphatic carbocycles. The second kappa shape index (κ2) is 6.72. The van der Waals surface area contributed by atoms with Crippen LogP contribution in [-0.4, -0.2) is 59.4 Å². The van der Waals surface area contributed by atoms with E-state index in [9.17, 15) is 5.02 Å². The second-order valence-electron chi connectivity index (χ2n) is 7.52. The molecule has 0 radical (unpaired) electrons. The van der Waals surface area contributed by atoms with Crippen LogP contribution >= 0.6 is 0 Å². The van der Waals surface area contributed by atoms with Crippen LogP contribution in [0.1, 0.15) is 31.2 Å². The lowest BCUT2D eigenvalue weighted by Crippen LogP contribution is -2.45. The molecule has 2 N–H and O–H groups in total. The molecule has 1 saturated carbocycles. The van der Waals surface area contributed by atoms with Crippen LogP contribution < -0.4 is 4.65 Å². The van der Waals surface area contributed by atoms with Crippen LogP contribution in [0.2, 0.25) is 0 Å². The molecule has 4 heterocycles. The van der Waals surface area contributed by atoms with Gasteiger partial charge < -0.3 is 19.4 Å². The van der Waals surface area contributed by atoms with Gasteiger partial charge in [-0.25, -0.2) is 4.98 Å². The number of rotatable bonds is 2. The van der Waals surface area contributed by atoms with Crippen molar-refractivity contribution in [3.05, 3.63) is 30.0 Å². The highest BCUT2D eigenvalue weighted by molar-refractivity contribution is 6.52. The maximum Gasteiger partial charge on any atom is 0.552 e. The summed E-state index contributed by atoms with van der Waals surface area (Å²) in [6.45, 7) is 3.84. The van der Waals surface area contributed by atoms with E-state index in [1.165, 1.54) is 18.4 Å². The van der Waals surface area contributed by atoms with E-state index in [0.717, 1.165) is 55.7 Å². The molecule has 0 unspecified atom stereocenters. The van der Waals surface area contributed by atoms with E-state index in [4.69, 9.17) is 9.39 Å². The molecule has 0 aromatic carbocycles. The zero-order valence-corrected chi connectivity index (χ0v) is 14.9. The quantitative estimate of drug-likeness (QED) is 0.811. The number of morpholine rings is 1. The number of fused-ring (bicyclic) bond motifs is 3. The van der Waals surface area contributed by atoms with Crippen LogP contribution in [0, 0.1) is 5.92 Å². The fourth-order valence-electron chi connectivity index (χ4n) is 4.81. The first-order valence-corrected chi connectivity index (χ1v) is 9.64. The molecular weight excluding hydrogens is 329 g/mol. The topological polar surface area (TPSA) is 70.6 Å². The van der Waals surface area contributed by atoms with Crippen molar-refractivity contribution in [1.82, 2.24) is 14.9 Å². The standard InChI is InChI=1S/C19H24BN3O3/c24-20-11-16(18-15-5-6-21-19(15)22-12-17(18)26-20)13-1-3-14(4-2-13)23-7-9-25-10-8-23/h5-6,11-14,24H,1-4,7-10H2,(H,21,22). The molecule has 0 spiro atoms. The van der Waals surface area contributed by atoms with Gasteiger partial charge in [0.15, 0.2) is 0 Å². The van der Waals surface area contributed by atoms with Crippen molar-refractivity contribution in [1.29, 1.82) is 0 Å². The Morgan fingerprint density at radius 3 is 2.81 bits per heavy atom. The van der Waals surface area contributed by atoms with Crippen molar-refractivity contribution in [2.24, 2.45) is 5.92 Å². The summed E-state index contributed by atoms with van der Waals surface area (Å²) < 4.78 is 11.1. The molecule has 2 fully saturated rings. The number of pyridine rings is 1. The lowest BCUT2D eigenvalue weighted by Gasteiger charge is -2.40. The van der Waals surface area contributed by atoms with Crippen molar-refractivity contribution in [2.45, 2.75) is 31.7 Å². The molecule has 1 saturated heterocycles. The molecule has 2 aliphatic heterocycles. The Morgan fingerprint density at radius 1 is 1.19 bits per heavy atom. The summed E-state index contributed by atoms with van der Waals surface area (Å²) in [6, 6.07) is 2.72. The zero-order valence-electron chi connectivity index (χ0n) is 14.9. The first kappa shape index (κ1) is 16.4. The van der Waals surface area contributed by atoms with Gasteiger partial charge in [-0.2, -0.15) is 0 Å². The first-order chi connectivity index (χ1) is 12.8. The molecule has 136 valence electrons. The van der Waals surface area contributed by atoms with Crippen LogP contribution in [0.25, 0.3) is 16.6 Å².